The first kappa shape index (κ1) is 12.6. The second kappa shape index (κ2) is 6.20. The van der Waals surface area contributed by atoms with E-state index in [9.17, 15) is 4.79 Å². The summed E-state index contributed by atoms with van der Waals surface area (Å²) in [6.45, 7) is 1.85. The predicted molar refractivity (Wildman–Crippen MR) is 69.1 cm³/mol. The van der Waals surface area contributed by atoms with Crippen molar-refractivity contribution in [3.05, 3.63) is 18.3 Å². The fourth-order valence-electron chi connectivity index (χ4n) is 1.78. The van der Waals surface area contributed by atoms with Crippen LogP contribution in [-0.4, -0.2) is 36.7 Å². The molecule has 1 atom stereocenters. The summed E-state index contributed by atoms with van der Waals surface area (Å²) in [6.07, 6.45) is 3.11. The van der Waals surface area contributed by atoms with Crippen LogP contribution in [0.5, 0.6) is 0 Å². The summed E-state index contributed by atoms with van der Waals surface area (Å²) in [5.74, 6) is 0.718. The monoisotopic (exact) mass is 250 g/mol. The average molecular weight is 250 g/mol. The Hall–Kier alpha value is -1.82. The molecule has 1 unspecified atom stereocenters. The molecule has 6 nitrogen and oxygen atoms in total. The molecule has 1 aliphatic heterocycles. The molecule has 1 saturated heterocycles. The summed E-state index contributed by atoms with van der Waals surface area (Å²) in [4.78, 5) is 15.7. The predicted octanol–water partition coefficient (Wildman–Crippen LogP) is 0.371. The van der Waals surface area contributed by atoms with Crippen molar-refractivity contribution in [2.75, 3.05) is 30.7 Å². The van der Waals surface area contributed by atoms with Gasteiger partial charge in [0.2, 0.25) is 5.91 Å². The van der Waals surface area contributed by atoms with Gasteiger partial charge in [0, 0.05) is 19.7 Å². The Morgan fingerprint density at radius 3 is 3.06 bits per heavy atom. The molecule has 1 aliphatic rings. The van der Waals surface area contributed by atoms with E-state index in [1.165, 1.54) is 0 Å². The number of carbonyl (C=O) groups excluding carboxylic acids is 1. The summed E-state index contributed by atoms with van der Waals surface area (Å²) < 4.78 is 5.28. The molecule has 1 aromatic rings. The van der Waals surface area contributed by atoms with Gasteiger partial charge in [-0.25, -0.2) is 4.98 Å². The van der Waals surface area contributed by atoms with E-state index in [-0.39, 0.29) is 12.0 Å². The van der Waals surface area contributed by atoms with Gasteiger partial charge in [0.05, 0.1) is 11.9 Å². The molecule has 2 rings (SSSR count). The van der Waals surface area contributed by atoms with Crippen LogP contribution in [0, 0.1) is 0 Å². The Balaban J connectivity index is 1.63. The van der Waals surface area contributed by atoms with Crippen LogP contribution in [0.4, 0.5) is 11.5 Å². The standard InChI is InChI=1S/C12H18N4O2/c13-9-3-4-11(16-8-9)14-5-6-15-12(17)10-2-1-7-18-10/h3-4,8,10H,1-2,5-7,13H2,(H,14,16)(H,15,17). The fraction of sp³-hybridized carbons (Fsp3) is 0.500. The summed E-state index contributed by atoms with van der Waals surface area (Å²) in [6, 6.07) is 3.58. The number of nitrogens with zero attached hydrogens (tertiary/aromatic N) is 1. The first-order chi connectivity index (χ1) is 8.75. The van der Waals surface area contributed by atoms with Gasteiger partial charge in [-0.2, -0.15) is 0 Å². The minimum absolute atomic E-state index is 0.0282. The van der Waals surface area contributed by atoms with Gasteiger partial charge in [0.15, 0.2) is 0 Å². The highest BCUT2D eigenvalue weighted by atomic mass is 16.5. The van der Waals surface area contributed by atoms with Gasteiger partial charge < -0.3 is 21.1 Å². The highest BCUT2D eigenvalue weighted by molar-refractivity contribution is 5.80. The van der Waals surface area contributed by atoms with Crippen molar-refractivity contribution in [1.29, 1.82) is 0 Å². The van der Waals surface area contributed by atoms with Crippen LogP contribution < -0.4 is 16.4 Å². The van der Waals surface area contributed by atoms with Crippen molar-refractivity contribution >= 4 is 17.4 Å². The van der Waals surface area contributed by atoms with Gasteiger partial charge >= 0.3 is 0 Å². The van der Waals surface area contributed by atoms with Gasteiger partial charge in [-0.15, -0.1) is 0 Å². The first-order valence-electron chi connectivity index (χ1n) is 6.10. The van der Waals surface area contributed by atoms with Crippen LogP contribution in [-0.2, 0) is 9.53 Å². The molecule has 6 heteroatoms. The van der Waals surface area contributed by atoms with Gasteiger partial charge in [0.1, 0.15) is 11.9 Å². The molecule has 0 spiro atoms. The number of carbonyl (C=O) groups is 1. The average Bonchev–Trinajstić information content (AvgIpc) is 2.90. The number of nitrogen functional groups attached to an aromatic ring is 1. The second-order valence-corrected chi connectivity index (χ2v) is 4.20. The zero-order valence-electron chi connectivity index (χ0n) is 10.2. The third-order valence-corrected chi connectivity index (χ3v) is 2.74. The number of ether oxygens (including phenoxy) is 1. The number of hydrogen-bond acceptors (Lipinski definition) is 5. The summed E-state index contributed by atoms with van der Waals surface area (Å²) in [5.41, 5.74) is 6.16. The minimum Gasteiger partial charge on any atom is -0.397 e. The maximum absolute atomic E-state index is 11.6. The Morgan fingerprint density at radius 2 is 2.39 bits per heavy atom. The van der Waals surface area contributed by atoms with Gasteiger partial charge in [-0.3, -0.25) is 4.79 Å². The third-order valence-electron chi connectivity index (χ3n) is 2.74. The number of anilines is 2. The maximum Gasteiger partial charge on any atom is 0.249 e. The van der Waals surface area contributed by atoms with Gasteiger partial charge in [-0.1, -0.05) is 0 Å². The van der Waals surface area contributed by atoms with Crippen molar-refractivity contribution in [3.63, 3.8) is 0 Å². The van der Waals surface area contributed by atoms with E-state index in [0.717, 1.165) is 18.7 Å². The summed E-state index contributed by atoms with van der Waals surface area (Å²) in [5, 5.41) is 5.92. The van der Waals surface area contributed by atoms with Crippen molar-refractivity contribution < 1.29 is 9.53 Å². The highest BCUT2D eigenvalue weighted by Crippen LogP contribution is 2.11. The lowest BCUT2D eigenvalue weighted by molar-refractivity contribution is -0.129. The SMILES string of the molecule is Nc1ccc(NCCNC(=O)C2CCCO2)nc1. The van der Waals surface area contributed by atoms with Gasteiger partial charge in [-0.05, 0) is 25.0 Å². The van der Waals surface area contributed by atoms with E-state index in [4.69, 9.17) is 10.5 Å². The van der Waals surface area contributed by atoms with Crippen LogP contribution in [0.15, 0.2) is 18.3 Å². The van der Waals surface area contributed by atoms with Crippen LogP contribution in [0.1, 0.15) is 12.8 Å². The molecule has 0 radical (unpaired) electrons. The number of nitrogens with one attached hydrogen (secondary N) is 2. The molecular formula is C12H18N4O2. The number of aromatic nitrogens is 1. The normalized spacial score (nSPS) is 18.6. The van der Waals surface area contributed by atoms with E-state index >= 15 is 0 Å². The Kier molecular flexibility index (Phi) is 4.35. The lowest BCUT2D eigenvalue weighted by Crippen LogP contribution is -2.36. The Morgan fingerprint density at radius 1 is 1.50 bits per heavy atom. The molecular weight excluding hydrogens is 232 g/mol. The third kappa shape index (κ3) is 3.59. The molecule has 1 amide bonds. The number of rotatable bonds is 5. The molecule has 0 aromatic carbocycles. The first-order valence-corrected chi connectivity index (χ1v) is 6.10. The van der Waals surface area contributed by atoms with E-state index in [0.29, 0.717) is 25.4 Å². The second-order valence-electron chi connectivity index (χ2n) is 4.20. The molecule has 98 valence electrons. The van der Waals surface area contributed by atoms with Crippen LogP contribution in [0.25, 0.3) is 0 Å². The Labute approximate surface area is 106 Å². The minimum atomic E-state index is -0.264. The van der Waals surface area contributed by atoms with Gasteiger partial charge in [0.25, 0.3) is 0 Å². The highest BCUT2D eigenvalue weighted by Gasteiger charge is 2.22. The number of hydrogen-bond donors (Lipinski definition) is 3. The summed E-state index contributed by atoms with van der Waals surface area (Å²) >= 11 is 0. The molecule has 18 heavy (non-hydrogen) atoms. The number of nitrogens with two attached hydrogens (primary N) is 1. The zero-order valence-corrected chi connectivity index (χ0v) is 10.2. The van der Waals surface area contributed by atoms with Crippen molar-refractivity contribution in [2.45, 2.75) is 18.9 Å². The van der Waals surface area contributed by atoms with E-state index in [1.54, 1.807) is 18.3 Å². The lowest BCUT2D eigenvalue weighted by atomic mass is 10.2. The van der Waals surface area contributed by atoms with Crippen molar-refractivity contribution in [1.82, 2.24) is 10.3 Å². The van der Waals surface area contributed by atoms with E-state index in [1.807, 2.05) is 0 Å². The van der Waals surface area contributed by atoms with Crippen LogP contribution in [0.3, 0.4) is 0 Å². The molecule has 1 aromatic heterocycles. The topological polar surface area (TPSA) is 89.3 Å². The lowest BCUT2D eigenvalue weighted by Gasteiger charge is -2.11. The van der Waals surface area contributed by atoms with Crippen molar-refractivity contribution in [3.8, 4) is 0 Å². The van der Waals surface area contributed by atoms with Crippen LogP contribution >= 0.6 is 0 Å². The zero-order chi connectivity index (χ0) is 12.8. The maximum atomic E-state index is 11.6. The quantitative estimate of drug-likeness (QED) is 0.657. The number of pyridine rings is 1. The smallest absolute Gasteiger partial charge is 0.249 e. The molecule has 2 heterocycles. The largest absolute Gasteiger partial charge is 0.397 e. The summed E-state index contributed by atoms with van der Waals surface area (Å²) in [7, 11) is 0. The molecule has 0 saturated carbocycles. The molecule has 1 fully saturated rings. The molecule has 0 aliphatic carbocycles. The Bertz CT molecular complexity index is 388. The van der Waals surface area contributed by atoms with E-state index in [2.05, 4.69) is 15.6 Å². The van der Waals surface area contributed by atoms with E-state index < -0.39 is 0 Å². The van der Waals surface area contributed by atoms with Crippen LogP contribution in [0.2, 0.25) is 0 Å². The van der Waals surface area contributed by atoms with Crippen molar-refractivity contribution in [2.24, 2.45) is 0 Å². The number of amides is 1. The fourth-order valence-corrected chi connectivity index (χ4v) is 1.78. The molecule has 0 bridgehead atoms. The molecule has 4 N–H and O–H groups in total.